The molecule has 11 nitrogen and oxygen atoms in total. The minimum Gasteiger partial charge on any atom is -0.477 e. The van der Waals surface area contributed by atoms with Crippen LogP contribution in [0.25, 0.3) is 10.9 Å². The molecule has 0 aliphatic carbocycles. The molecule has 5 heterocycles. The zero-order valence-corrected chi connectivity index (χ0v) is 21.0. The first kappa shape index (κ1) is 24.5. The monoisotopic (exact) mass is 531 g/mol. The van der Waals surface area contributed by atoms with E-state index in [1.54, 1.807) is 29.1 Å². The summed E-state index contributed by atoms with van der Waals surface area (Å²) in [7, 11) is 1.70. The van der Waals surface area contributed by atoms with E-state index in [1.165, 1.54) is 6.20 Å². The molecule has 2 aliphatic heterocycles. The zero-order valence-electron chi connectivity index (χ0n) is 21.0. The van der Waals surface area contributed by atoms with Crippen LogP contribution in [0.15, 0.2) is 65.8 Å². The summed E-state index contributed by atoms with van der Waals surface area (Å²) in [5.74, 6) is -0.363. The van der Waals surface area contributed by atoms with Crippen LogP contribution in [0.1, 0.15) is 16.8 Å². The van der Waals surface area contributed by atoms with Crippen molar-refractivity contribution in [3.63, 3.8) is 0 Å². The van der Waals surface area contributed by atoms with E-state index in [0.29, 0.717) is 30.2 Å². The van der Waals surface area contributed by atoms with Crippen molar-refractivity contribution < 1.29 is 19.0 Å². The molecular formula is C27H26FN7O4. The first-order chi connectivity index (χ1) is 18.9. The van der Waals surface area contributed by atoms with Crippen molar-refractivity contribution in [2.45, 2.75) is 12.6 Å². The Labute approximate surface area is 222 Å². The topological polar surface area (TPSA) is 125 Å². The Hall–Kier alpha value is -4.87. The first-order valence-corrected chi connectivity index (χ1v) is 12.5. The highest BCUT2D eigenvalue weighted by atomic mass is 19.1. The Kier molecular flexibility index (Phi) is 6.14. The number of halogens is 1. The Bertz CT molecular complexity index is 1560. The molecule has 0 saturated carbocycles. The van der Waals surface area contributed by atoms with Crippen molar-refractivity contribution in [2.24, 2.45) is 5.92 Å². The molecule has 1 aromatic carbocycles. The van der Waals surface area contributed by atoms with Gasteiger partial charge in [0, 0.05) is 44.6 Å². The van der Waals surface area contributed by atoms with Gasteiger partial charge in [0.2, 0.25) is 5.43 Å². The van der Waals surface area contributed by atoms with E-state index in [0.717, 1.165) is 12.5 Å². The molecule has 1 saturated heterocycles. The summed E-state index contributed by atoms with van der Waals surface area (Å²) in [4.78, 5) is 35.3. The van der Waals surface area contributed by atoms with Gasteiger partial charge in [0.05, 0.1) is 5.39 Å². The fourth-order valence-corrected chi connectivity index (χ4v) is 5.22. The van der Waals surface area contributed by atoms with Gasteiger partial charge in [0.1, 0.15) is 34.6 Å². The molecule has 39 heavy (non-hydrogen) atoms. The van der Waals surface area contributed by atoms with Gasteiger partial charge in [0.15, 0.2) is 18.3 Å². The van der Waals surface area contributed by atoms with Gasteiger partial charge < -0.3 is 25.4 Å². The maximum Gasteiger partial charge on any atom is 0.341 e. The van der Waals surface area contributed by atoms with Crippen LogP contribution in [0.3, 0.4) is 0 Å². The molecule has 3 aromatic heterocycles. The Morgan fingerprint density at radius 1 is 1.15 bits per heavy atom. The van der Waals surface area contributed by atoms with E-state index in [1.807, 2.05) is 41.3 Å². The number of nitrogens with zero attached hydrogens (tertiary/aromatic N) is 5. The largest absolute Gasteiger partial charge is 0.477 e. The number of ether oxygens (including phenoxy) is 1. The van der Waals surface area contributed by atoms with Gasteiger partial charge in [-0.2, -0.15) is 0 Å². The number of carboxylic acids is 1. The molecule has 0 bridgehead atoms. The normalized spacial score (nSPS) is 16.4. The second-order valence-corrected chi connectivity index (χ2v) is 9.58. The third-order valence-electron chi connectivity index (χ3n) is 7.10. The van der Waals surface area contributed by atoms with Crippen molar-refractivity contribution >= 4 is 34.2 Å². The number of benzene rings is 1. The van der Waals surface area contributed by atoms with Gasteiger partial charge >= 0.3 is 5.97 Å². The van der Waals surface area contributed by atoms with E-state index in [2.05, 4.69) is 20.6 Å². The molecule has 1 atom stereocenters. The fourth-order valence-electron chi connectivity index (χ4n) is 5.22. The molecule has 6 rings (SSSR count). The van der Waals surface area contributed by atoms with Crippen molar-refractivity contribution in [3.05, 3.63) is 82.7 Å². The summed E-state index contributed by atoms with van der Waals surface area (Å²) < 4.78 is 23.2. The number of hydrogen-bond donors (Lipinski definition) is 3. The standard InChI is InChI=1S/C27H26FN7O4/c1-33-15-39-25-22-17(24(36)18(27(37)38)14-35(22)33)12-19(28)23(25)34-11-8-16(13-34)26(31-20-6-2-4-9-29-20)32-21-7-3-5-10-30-21/h2-7,9-10,12,14,16,26H,8,11,13,15H2,1H3,(H,29,31)(H,30,32)(H,37,38). The third kappa shape index (κ3) is 4.43. The second kappa shape index (κ2) is 9.78. The van der Waals surface area contributed by atoms with Crippen molar-refractivity contribution in [3.8, 4) is 5.75 Å². The van der Waals surface area contributed by atoms with Gasteiger partial charge in [-0.25, -0.2) is 19.2 Å². The van der Waals surface area contributed by atoms with Gasteiger partial charge in [-0.1, -0.05) is 12.1 Å². The number of pyridine rings is 3. The Morgan fingerprint density at radius 3 is 2.46 bits per heavy atom. The molecule has 2 aliphatic rings. The SMILES string of the molecule is CN1COc2c(N3CCC(C(Nc4ccccn4)Nc4ccccn4)C3)c(F)cc3c(=O)c(C(=O)O)cn1c23. The summed E-state index contributed by atoms with van der Waals surface area (Å²) in [6, 6.07) is 12.3. The second-order valence-electron chi connectivity index (χ2n) is 9.58. The molecule has 4 aromatic rings. The Balaban J connectivity index is 1.37. The van der Waals surface area contributed by atoms with Gasteiger partial charge in [-0.05, 0) is 36.8 Å². The number of hydrogen-bond acceptors (Lipinski definition) is 9. The number of rotatable bonds is 7. The highest BCUT2D eigenvalue weighted by molar-refractivity contribution is 5.97. The maximum absolute atomic E-state index is 15.7. The minimum absolute atomic E-state index is 0.0270. The number of carboxylic acid groups (broad SMARTS) is 1. The molecule has 200 valence electrons. The molecule has 0 spiro atoms. The first-order valence-electron chi connectivity index (χ1n) is 12.5. The lowest BCUT2D eigenvalue weighted by atomic mass is 10.0. The lowest BCUT2D eigenvalue weighted by molar-refractivity contribution is 0.0694. The van der Waals surface area contributed by atoms with Gasteiger partial charge in [0.25, 0.3) is 0 Å². The number of aromatic nitrogens is 3. The van der Waals surface area contributed by atoms with E-state index in [-0.39, 0.29) is 35.6 Å². The number of aromatic carboxylic acids is 1. The molecular weight excluding hydrogens is 505 g/mol. The lowest BCUT2D eigenvalue weighted by Gasteiger charge is -2.33. The summed E-state index contributed by atoms with van der Waals surface area (Å²) in [5, 5.41) is 18.0. The van der Waals surface area contributed by atoms with Gasteiger partial charge in [-0.3, -0.25) is 14.5 Å². The summed E-state index contributed by atoms with van der Waals surface area (Å²) in [5.41, 5.74) is -0.588. The lowest BCUT2D eigenvalue weighted by Crippen LogP contribution is -2.40. The summed E-state index contributed by atoms with van der Waals surface area (Å²) in [6.45, 7) is 1.08. The van der Waals surface area contributed by atoms with E-state index >= 15 is 4.39 Å². The third-order valence-corrected chi connectivity index (χ3v) is 7.10. The van der Waals surface area contributed by atoms with E-state index in [4.69, 9.17) is 4.74 Å². The maximum atomic E-state index is 15.7. The van der Waals surface area contributed by atoms with Crippen LogP contribution in [-0.4, -0.2) is 58.8 Å². The van der Waals surface area contributed by atoms with Crippen LogP contribution in [-0.2, 0) is 0 Å². The highest BCUT2D eigenvalue weighted by Gasteiger charge is 2.35. The van der Waals surface area contributed by atoms with Crippen LogP contribution >= 0.6 is 0 Å². The number of anilines is 3. The molecule has 1 fully saturated rings. The van der Waals surface area contributed by atoms with Crippen LogP contribution in [0.5, 0.6) is 5.75 Å². The van der Waals surface area contributed by atoms with Crippen molar-refractivity contribution in [1.82, 2.24) is 14.6 Å². The predicted octanol–water partition coefficient (Wildman–Crippen LogP) is 2.92. The molecule has 12 heteroatoms. The summed E-state index contributed by atoms with van der Waals surface area (Å²) >= 11 is 0. The van der Waals surface area contributed by atoms with Crippen LogP contribution < -0.4 is 30.7 Å². The van der Waals surface area contributed by atoms with Gasteiger partial charge in [-0.15, -0.1) is 0 Å². The van der Waals surface area contributed by atoms with Crippen LogP contribution in [0.4, 0.5) is 21.7 Å². The van der Waals surface area contributed by atoms with Crippen molar-refractivity contribution in [2.75, 3.05) is 47.4 Å². The Morgan fingerprint density at radius 2 is 1.85 bits per heavy atom. The predicted molar refractivity (Wildman–Crippen MR) is 145 cm³/mol. The summed E-state index contributed by atoms with van der Waals surface area (Å²) in [6.07, 6.45) is 5.14. The molecule has 0 amide bonds. The van der Waals surface area contributed by atoms with Crippen LogP contribution in [0, 0.1) is 11.7 Å². The van der Waals surface area contributed by atoms with Crippen LogP contribution in [0.2, 0.25) is 0 Å². The average Bonchev–Trinajstić information content (AvgIpc) is 3.42. The number of carbonyl (C=O) groups is 1. The quantitative estimate of drug-likeness (QED) is 0.307. The van der Waals surface area contributed by atoms with Crippen molar-refractivity contribution in [1.29, 1.82) is 0 Å². The number of nitrogens with one attached hydrogen (secondary N) is 2. The van der Waals surface area contributed by atoms with E-state index in [9.17, 15) is 14.7 Å². The average molecular weight is 532 g/mol. The molecule has 1 unspecified atom stereocenters. The smallest absolute Gasteiger partial charge is 0.341 e. The minimum atomic E-state index is -1.37. The molecule has 3 N–H and O–H groups in total. The highest BCUT2D eigenvalue weighted by Crippen LogP contribution is 2.42. The fraction of sp³-hybridized carbons (Fsp3) is 0.259. The molecule has 0 radical (unpaired) electrons. The zero-order chi connectivity index (χ0) is 27.1. The van der Waals surface area contributed by atoms with E-state index < -0.39 is 22.8 Å².